The topological polar surface area (TPSA) is 64.1 Å². The average molecular weight is 329 g/mol. The van der Waals surface area contributed by atoms with Crippen LogP contribution >= 0.6 is 0 Å². The zero-order valence-electron chi connectivity index (χ0n) is 13.4. The average Bonchev–Trinajstić information content (AvgIpc) is 2.61. The SMILES string of the molecule is O=C(Nc1cccc(F)c1)OCc1cnc(C2CCCCC2)cn1. The molecule has 0 aliphatic heterocycles. The monoisotopic (exact) mass is 329 g/mol. The molecular formula is C18H20FN3O2. The first-order valence-corrected chi connectivity index (χ1v) is 8.21. The van der Waals surface area contributed by atoms with E-state index in [2.05, 4.69) is 15.3 Å². The molecule has 0 atom stereocenters. The number of carbonyl (C=O) groups excluding carboxylic acids is 1. The Labute approximate surface area is 140 Å². The van der Waals surface area contributed by atoms with Gasteiger partial charge in [-0.2, -0.15) is 0 Å². The maximum Gasteiger partial charge on any atom is 0.412 e. The van der Waals surface area contributed by atoms with Gasteiger partial charge in [0.15, 0.2) is 0 Å². The van der Waals surface area contributed by atoms with E-state index in [1.807, 2.05) is 0 Å². The summed E-state index contributed by atoms with van der Waals surface area (Å²) in [5.74, 6) is 0.0782. The van der Waals surface area contributed by atoms with Crippen LogP contribution in [0.5, 0.6) is 0 Å². The van der Waals surface area contributed by atoms with Crippen molar-refractivity contribution in [2.75, 3.05) is 5.32 Å². The highest BCUT2D eigenvalue weighted by molar-refractivity contribution is 5.84. The van der Waals surface area contributed by atoms with E-state index in [0.29, 0.717) is 17.3 Å². The summed E-state index contributed by atoms with van der Waals surface area (Å²) in [6.45, 7) is 0.0269. The minimum Gasteiger partial charge on any atom is -0.443 e. The van der Waals surface area contributed by atoms with Gasteiger partial charge < -0.3 is 4.74 Å². The van der Waals surface area contributed by atoms with Gasteiger partial charge in [-0.25, -0.2) is 9.18 Å². The van der Waals surface area contributed by atoms with Gasteiger partial charge in [0.05, 0.1) is 17.6 Å². The molecule has 6 heteroatoms. The Morgan fingerprint density at radius 2 is 2.04 bits per heavy atom. The molecule has 3 rings (SSSR count). The van der Waals surface area contributed by atoms with E-state index in [4.69, 9.17) is 4.74 Å². The Kier molecular flexibility index (Phi) is 5.36. The van der Waals surface area contributed by atoms with E-state index in [-0.39, 0.29) is 6.61 Å². The quantitative estimate of drug-likeness (QED) is 0.902. The summed E-state index contributed by atoms with van der Waals surface area (Å²) in [4.78, 5) is 20.5. The van der Waals surface area contributed by atoms with Gasteiger partial charge in [-0.1, -0.05) is 25.3 Å². The van der Waals surface area contributed by atoms with Gasteiger partial charge in [0, 0.05) is 17.8 Å². The first-order chi connectivity index (χ1) is 11.7. The lowest BCUT2D eigenvalue weighted by Gasteiger charge is -2.20. The normalized spacial score (nSPS) is 15.0. The number of amides is 1. The number of hydrogen-bond acceptors (Lipinski definition) is 4. The summed E-state index contributed by atoms with van der Waals surface area (Å²) in [5.41, 5.74) is 1.95. The molecule has 1 aromatic heterocycles. The molecular weight excluding hydrogens is 309 g/mol. The standard InChI is InChI=1S/C18H20FN3O2/c19-14-7-4-8-15(9-14)22-18(23)24-12-16-10-21-17(11-20-16)13-5-2-1-3-6-13/h4,7-11,13H,1-3,5-6,12H2,(H,22,23). The van der Waals surface area contributed by atoms with Gasteiger partial charge >= 0.3 is 6.09 Å². The van der Waals surface area contributed by atoms with Crippen molar-refractivity contribution < 1.29 is 13.9 Å². The second-order valence-electron chi connectivity index (χ2n) is 5.98. The molecule has 1 aromatic carbocycles. The molecule has 1 N–H and O–H groups in total. The van der Waals surface area contributed by atoms with Gasteiger partial charge in [-0.05, 0) is 31.0 Å². The van der Waals surface area contributed by atoms with Crippen LogP contribution in [0.25, 0.3) is 0 Å². The number of nitrogens with one attached hydrogen (secondary N) is 1. The predicted molar refractivity (Wildman–Crippen MR) is 88.1 cm³/mol. The van der Waals surface area contributed by atoms with Crippen molar-refractivity contribution in [3.8, 4) is 0 Å². The molecule has 0 unspecified atom stereocenters. The molecule has 5 nitrogen and oxygen atoms in total. The fourth-order valence-corrected chi connectivity index (χ4v) is 2.91. The lowest BCUT2D eigenvalue weighted by molar-refractivity contribution is 0.153. The number of anilines is 1. The van der Waals surface area contributed by atoms with Crippen molar-refractivity contribution in [2.45, 2.75) is 44.6 Å². The Bertz CT molecular complexity index is 685. The van der Waals surface area contributed by atoms with E-state index in [1.165, 1.54) is 50.3 Å². The summed E-state index contributed by atoms with van der Waals surface area (Å²) in [6, 6.07) is 5.63. The number of benzene rings is 1. The Morgan fingerprint density at radius 1 is 1.21 bits per heavy atom. The first-order valence-electron chi connectivity index (χ1n) is 8.21. The van der Waals surface area contributed by atoms with Crippen LogP contribution in [-0.4, -0.2) is 16.1 Å². The number of hydrogen-bond donors (Lipinski definition) is 1. The van der Waals surface area contributed by atoms with Gasteiger partial charge in [0.25, 0.3) is 0 Å². The number of nitrogens with zero attached hydrogens (tertiary/aromatic N) is 2. The molecule has 0 radical (unpaired) electrons. The van der Waals surface area contributed by atoms with E-state index in [9.17, 15) is 9.18 Å². The van der Waals surface area contributed by atoms with Gasteiger partial charge in [-0.3, -0.25) is 15.3 Å². The Morgan fingerprint density at radius 3 is 2.75 bits per heavy atom. The highest BCUT2D eigenvalue weighted by Gasteiger charge is 2.17. The molecule has 0 bridgehead atoms. The van der Waals surface area contributed by atoms with Crippen molar-refractivity contribution >= 4 is 11.8 Å². The fourth-order valence-electron chi connectivity index (χ4n) is 2.91. The van der Waals surface area contributed by atoms with Crippen LogP contribution in [0.2, 0.25) is 0 Å². The van der Waals surface area contributed by atoms with Crippen molar-refractivity contribution in [1.82, 2.24) is 9.97 Å². The van der Waals surface area contributed by atoms with Crippen molar-refractivity contribution in [3.05, 3.63) is 53.9 Å². The van der Waals surface area contributed by atoms with Gasteiger partial charge in [0.2, 0.25) is 0 Å². The maximum atomic E-state index is 13.0. The third-order valence-electron chi connectivity index (χ3n) is 4.17. The van der Waals surface area contributed by atoms with Gasteiger partial charge in [0.1, 0.15) is 12.4 Å². The Balaban J connectivity index is 1.50. The second-order valence-corrected chi connectivity index (χ2v) is 5.98. The zero-order chi connectivity index (χ0) is 16.8. The van der Waals surface area contributed by atoms with Crippen LogP contribution in [0.4, 0.5) is 14.9 Å². The van der Waals surface area contributed by atoms with E-state index < -0.39 is 11.9 Å². The molecule has 1 fully saturated rings. The molecule has 1 aliphatic carbocycles. The van der Waals surface area contributed by atoms with Crippen LogP contribution in [-0.2, 0) is 11.3 Å². The van der Waals surface area contributed by atoms with Crippen LogP contribution in [0.1, 0.15) is 49.4 Å². The lowest BCUT2D eigenvalue weighted by atomic mass is 9.87. The van der Waals surface area contributed by atoms with Crippen LogP contribution in [0.15, 0.2) is 36.7 Å². The summed E-state index contributed by atoms with van der Waals surface area (Å²) in [5, 5.41) is 2.47. The van der Waals surface area contributed by atoms with Crippen molar-refractivity contribution in [3.63, 3.8) is 0 Å². The predicted octanol–water partition coefficient (Wildman–Crippen LogP) is 4.41. The smallest absolute Gasteiger partial charge is 0.412 e. The van der Waals surface area contributed by atoms with E-state index in [1.54, 1.807) is 18.5 Å². The van der Waals surface area contributed by atoms with Crippen LogP contribution < -0.4 is 5.32 Å². The highest BCUT2D eigenvalue weighted by Crippen LogP contribution is 2.30. The number of aromatic nitrogens is 2. The Hall–Kier alpha value is -2.50. The number of ether oxygens (including phenoxy) is 1. The van der Waals surface area contributed by atoms with E-state index in [0.717, 1.165) is 5.69 Å². The summed E-state index contributed by atoms with van der Waals surface area (Å²) >= 11 is 0. The largest absolute Gasteiger partial charge is 0.443 e. The summed E-state index contributed by atoms with van der Waals surface area (Å²) in [7, 11) is 0. The number of rotatable bonds is 4. The highest BCUT2D eigenvalue weighted by atomic mass is 19.1. The van der Waals surface area contributed by atoms with Crippen molar-refractivity contribution in [2.24, 2.45) is 0 Å². The van der Waals surface area contributed by atoms with Crippen molar-refractivity contribution in [1.29, 1.82) is 0 Å². The summed E-state index contributed by atoms with van der Waals surface area (Å²) < 4.78 is 18.1. The molecule has 2 aromatic rings. The maximum absolute atomic E-state index is 13.0. The molecule has 126 valence electrons. The lowest BCUT2D eigenvalue weighted by Crippen LogP contribution is -2.14. The minimum absolute atomic E-state index is 0.0269. The minimum atomic E-state index is -0.654. The van der Waals surface area contributed by atoms with Gasteiger partial charge in [-0.15, -0.1) is 0 Å². The number of carbonyl (C=O) groups is 1. The zero-order valence-corrected chi connectivity index (χ0v) is 13.4. The molecule has 0 saturated heterocycles. The molecule has 0 spiro atoms. The molecule has 1 amide bonds. The van der Waals surface area contributed by atoms with Crippen LogP contribution in [0.3, 0.4) is 0 Å². The molecule has 1 aliphatic rings. The third kappa shape index (κ3) is 4.50. The molecule has 1 heterocycles. The van der Waals surface area contributed by atoms with E-state index >= 15 is 0 Å². The van der Waals surface area contributed by atoms with Crippen LogP contribution in [0, 0.1) is 5.82 Å². The third-order valence-corrected chi connectivity index (χ3v) is 4.17. The molecule has 1 saturated carbocycles. The molecule has 24 heavy (non-hydrogen) atoms. The first kappa shape index (κ1) is 16.4. The number of halogens is 1. The second kappa shape index (κ2) is 7.86. The fraction of sp³-hybridized carbons (Fsp3) is 0.389. The summed E-state index contributed by atoms with van der Waals surface area (Å²) in [6.07, 6.45) is 8.91.